The maximum absolute atomic E-state index is 14.0. The van der Waals surface area contributed by atoms with Gasteiger partial charge in [-0.25, -0.2) is 4.39 Å². The SMILES string of the molecule is Cc1c(F)cccc1[C@@]1(C(=O)O)C=C(c2cccc3cnsc23)CC1. The van der Waals surface area contributed by atoms with Crippen LogP contribution in [-0.4, -0.2) is 15.4 Å². The number of benzene rings is 2. The third-order valence-corrected chi connectivity index (χ3v) is 5.92. The number of carboxylic acids is 1. The average Bonchev–Trinajstić information content (AvgIpc) is 3.24. The van der Waals surface area contributed by atoms with E-state index in [0.29, 0.717) is 24.0 Å². The molecular formula is C20H16FNO2S. The summed E-state index contributed by atoms with van der Waals surface area (Å²) in [5, 5.41) is 11.0. The molecular weight excluding hydrogens is 337 g/mol. The fourth-order valence-corrected chi connectivity index (χ4v) is 4.52. The maximum atomic E-state index is 14.0. The third kappa shape index (κ3) is 2.38. The Morgan fingerprint density at radius 2 is 2.08 bits per heavy atom. The number of nitrogens with zero attached hydrogens (tertiary/aromatic N) is 1. The van der Waals surface area contributed by atoms with Gasteiger partial charge in [-0.05, 0) is 59.6 Å². The summed E-state index contributed by atoms with van der Waals surface area (Å²) in [4.78, 5) is 12.2. The molecule has 126 valence electrons. The number of halogens is 1. The van der Waals surface area contributed by atoms with E-state index in [2.05, 4.69) is 4.37 Å². The van der Waals surface area contributed by atoms with Crippen molar-refractivity contribution in [1.29, 1.82) is 0 Å². The molecule has 1 aliphatic rings. The van der Waals surface area contributed by atoms with E-state index in [4.69, 9.17) is 0 Å². The first-order chi connectivity index (χ1) is 12.0. The second-order valence-corrected chi connectivity index (χ2v) is 7.21. The molecule has 1 atom stereocenters. The molecule has 3 aromatic rings. The van der Waals surface area contributed by atoms with Gasteiger partial charge in [0.15, 0.2) is 0 Å². The van der Waals surface area contributed by atoms with Crippen LogP contribution in [0.4, 0.5) is 4.39 Å². The molecule has 2 aromatic carbocycles. The summed E-state index contributed by atoms with van der Waals surface area (Å²) in [5.74, 6) is -1.31. The van der Waals surface area contributed by atoms with E-state index in [9.17, 15) is 14.3 Å². The zero-order chi connectivity index (χ0) is 17.6. The van der Waals surface area contributed by atoms with Gasteiger partial charge in [-0.1, -0.05) is 36.4 Å². The van der Waals surface area contributed by atoms with E-state index < -0.39 is 11.4 Å². The molecule has 0 fully saturated rings. The standard InChI is InChI=1S/C20H16FNO2S/c1-12-16(6-3-7-17(12)21)20(19(23)24)9-8-13(10-20)15-5-2-4-14-11-22-25-18(14)15/h2-7,10-11H,8-9H2,1H3,(H,23,24)/t20-/m0/s1. The molecule has 1 aromatic heterocycles. The summed E-state index contributed by atoms with van der Waals surface area (Å²) in [7, 11) is 0. The van der Waals surface area contributed by atoms with Gasteiger partial charge in [-0.3, -0.25) is 4.79 Å². The van der Waals surface area contributed by atoms with Gasteiger partial charge >= 0.3 is 5.97 Å². The number of carboxylic acid groups (broad SMARTS) is 1. The van der Waals surface area contributed by atoms with E-state index in [-0.39, 0.29) is 5.82 Å². The van der Waals surface area contributed by atoms with Crippen LogP contribution in [0.25, 0.3) is 15.7 Å². The maximum Gasteiger partial charge on any atom is 0.318 e. The first-order valence-electron chi connectivity index (χ1n) is 8.07. The first kappa shape index (κ1) is 16.0. The molecule has 0 saturated carbocycles. The highest BCUT2D eigenvalue weighted by Gasteiger charge is 2.43. The molecule has 1 heterocycles. The smallest absolute Gasteiger partial charge is 0.318 e. The molecule has 5 heteroatoms. The van der Waals surface area contributed by atoms with E-state index >= 15 is 0 Å². The van der Waals surface area contributed by atoms with Crippen molar-refractivity contribution >= 4 is 33.2 Å². The summed E-state index contributed by atoms with van der Waals surface area (Å²) in [6.07, 6.45) is 4.70. The minimum Gasteiger partial charge on any atom is -0.480 e. The Hall–Kier alpha value is -2.53. The molecule has 25 heavy (non-hydrogen) atoms. The lowest BCUT2D eigenvalue weighted by Crippen LogP contribution is -2.32. The van der Waals surface area contributed by atoms with Gasteiger partial charge < -0.3 is 5.11 Å². The highest BCUT2D eigenvalue weighted by molar-refractivity contribution is 7.13. The normalized spacial score (nSPS) is 20.0. The topological polar surface area (TPSA) is 50.2 Å². The Kier molecular flexibility index (Phi) is 3.69. The molecule has 1 aliphatic carbocycles. The summed E-state index contributed by atoms with van der Waals surface area (Å²) in [6, 6.07) is 10.6. The van der Waals surface area contributed by atoms with Crippen LogP contribution in [0, 0.1) is 12.7 Å². The van der Waals surface area contributed by atoms with Gasteiger partial charge in [0.05, 0.1) is 4.70 Å². The monoisotopic (exact) mass is 353 g/mol. The molecule has 0 bridgehead atoms. The third-order valence-electron chi connectivity index (χ3n) is 5.07. The molecule has 0 aliphatic heterocycles. The van der Waals surface area contributed by atoms with Crippen molar-refractivity contribution in [2.24, 2.45) is 0 Å². The quantitative estimate of drug-likeness (QED) is 0.725. The highest BCUT2D eigenvalue weighted by Crippen LogP contribution is 2.46. The van der Waals surface area contributed by atoms with Crippen LogP contribution in [-0.2, 0) is 10.2 Å². The Balaban J connectivity index is 1.91. The Bertz CT molecular complexity index is 1020. The van der Waals surface area contributed by atoms with Crippen LogP contribution in [0.5, 0.6) is 0 Å². The summed E-state index contributed by atoms with van der Waals surface area (Å²) >= 11 is 1.41. The van der Waals surface area contributed by atoms with Gasteiger partial charge in [0.25, 0.3) is 0 Å². The van der Waals surface area contributed by atoms with E-state index in [1.807, 2.05) is 30.5 Å². The zero-order valence-electron chi connectivity index (χ0n) is 13.6. The molecule has 3 nitrogen and oxygen atoms in total. The minimum absolute atomic E-state index is 0.371. The van der Waals surface area contributed by atoms with Crippen molar-refractivity contribution in [3.63, 3.8) is 0 Å². The van der Waals surface area contributed by atoms with E-state index in [1.165, 1.54) is 17.6 Å². The van der Waals surface area contributed by atoms with E-state index in [0.717, 1.165) is 21.2 Å². The second-order valence-electron chi connectivity index (χ2n) is 6.41. The molecule has 0 spiro atoms. The van der Waals surface area contributed by atoms with Gasteiger partial charge in [-0.15, -0.1) is 0 Å². The number of rotatable bonds is 3. The van der Waals surface area contributed by atoms with Gasteiger partial charge in [0.1, 0.15) is 11.2 Å². The molecule has 1 N–H and O–H groups in total. The Labute approximate surface area is 148 Å². The van der Waals surface area contributed by atoms with E-state index in [1.54, 1.807) is 19.1 Å². The van der Waals surface area contributed by atoms with Crippen molar-refractivity contribution in [1.82, 2.24) is 4.37 Å². The number of aromatic nitrogens is 1. The second kappa shape index (κ2) is 5.77. The molecule has 0 amide bonds. The predicted molar refractivity (Wildman–Crippen MR) is 97.3 cm³/mol. The Morgan fingerprint density at radius 3 is 2.88 bits per heavy atom. The largest absolute Gasteiger partial charge is 0.480 e. The highest BCUT2D eigenvalue weighted by atomic mass is 32.1. The fourth-order valence-electron chi connectivity index (χ4n) is 3.72. The summed E-state index contributed by atoms with van der Waals surface area (Å²) in [5.41, 5.74) is 1.76. The summed E-state index contributed by atoms with van der Waals surface area (Å²) < 4.78 is 19.3. The van der Waals surface area contributed by atoms with Crippen molar-refractivity contribution < 1.29 is 14.3 Å². The summed E-state index contributed by atoms with van der Waals surface area (Å²) in [6.45, 7) is 1.64. The van der Waals surface area contributed by atoms with Crippen molar-refractivity contribution in [3.8, 4) is 0 Å². The molecule has 0 saturated heterocycles. The fraction of sp³-hybridized carbons (Fsp3) is 0.200. The van der Waals surface area contributed by atoms with Crippen LogP contribution >= 0.6 is 11.5 Å². The van der Waals surface area contributed by atoms with Crippen molar-refractivity contribution in [2.75, 3.05) is 0 Å². The number of fused-ring (bicyclic) bond motifs is 1. The molecule has 0 radical (unpaired) electrons. The predicted octanol–water partition coefficient (Wildman–Crippen LogP) is 4.94. The number of carbonyl (C=O) groups is 1. The van der Waals surface area contributed by atoms with Crippen LogP contribution < -0.4 is 0 Å². The molecule has 4 rings (SSSR count). The van der Waals surface area contributed by atoms with Crippen LogP contribution in [0.1, 0.15) is 29.5 Å². The number of hydrogen-bond acceptors (Lipinski definition) is 3. The number of aliphatic carboxylic acids is 1. The van der Waals surface area contributed by atoms with Gasteiger partial charge in [0, 0.05) is 11.6 Å². The lowest BCUT2D eigenvalue weighted by molar-refractivity contribution is -0.141. The van der Waals surface area contributed by atoms with Crippen LogP contribution in [0.15, 0.2) is 48.7 Å². The van der Waals surface area contributed by atoms with Gasteiger partial charge in [0.2, 0.25) is 0 Å². The zero-order valence-corrected chi connectivity index (χ0v) is 14.4. The number of hydrogen-bond donors (Lipinski definition) is 1. The average molecular weight is 353 g/mol. The Morgan fingerprint density at radius 1 is 1.28 bits per heavy atom. The lowest BCUT2D eigenvalue weighted by atomic mass is 9.78. The molecule has 0 unspecified atom stereocenters. The van der Waals surface area contributed by atoms with Crippen molar-refractivity contribution in [2.45, 2.75) is 25.2 Å². The van der Waals surface area contributed by atoms with Crippen LogP contribution in [0.2, 0.25) is 0 Å². The lowest BCUT2D eigenvalue weighted by Gasteiger charge is -2.24. The van der Waals surface area contributed by atoms with Crippen molar-refractivity contribution in [3.05, 3.63) is 71.2 Å². The first-order valence-corrected chi connectivity index (χ1v) is 8.85. The van der Waals surface area contributed by atoms with Gasteiger partial charge in [-0.2, -0.15) is 4.37 Å². The minimum atomic E-state index is -1.19. The van der Waals surface area contributed by atoms with Crippen LogP contribution in [0.3, 0.4) is 0 Å². The number of allylic oxidation sites excluding steroid dienone is 1.